The molecular formula is C18H17F2NO4. The van der Waals surface area contributed by atoms with Crippen molar-refractivity contribution >= 4 is 12.1 Å². The molecule has 2 aromatic rings. The fourth-order valence-electron chi connectivity index (χ4n) is 2.32. The molecule has 25 heavy (non-hydrogen) atoms. The standard InChI is InChI=1S/C18H17F2NO4/c1-21(18(24)25-11-12-6-3-2-4-7-12)15(17(22)23)13-8-5-9-14(10-13)16(19)20/h2-10,15-16H,11H2,1H3,(H,22,23). The molecule has 0 saturated heterocycles. The van der Waals surface area contributed by atoms with Crippen LogP contribution in [0.3, 0.4) is 0 Å². The van der Waals surface area contributed by atoms with Crippen molar-refractivity contribution in [3.63, 3.8) is 0 Å². The van der Waals surface area contributed by atoms with Crippen LogP contribution in [0.4, 0.5) is 13.6 Å². The van der Waals surface area contributed by atoms with Crippen LogP contribution < -0.4 is 0 Å². The van der Waals surface area contributed by atoms with E-state index in [0.717, 1.165) is 16.5 Å². The molecule has 0 fully saturated rings. The van der Waals surface area contributed by atoms with E-state index in [9.17, 15) is 23.5 Å². The first-order valence-electron chi connectivity index (χ1n) is 7.44. The molecule has 0 radical (unpaired) electrons. The summed E-state index contributed by atoms with van der Waals surface area (Å²) in [5, 5.41) is 9.42. The minimum absolute atomic E-state index is 0.0204. The zero-order valence-corrected chi connectivity index (χ0v) is 13.4. The molecule has 0 aliphatic heterocycles. The third-order valence-corrected chi connectivity index (χ3v) is 3.59. The fraction of sp³-hybridized carbons (Fsp3) is 0.222. The first-order valence-corrected chi connectivity index (χ1v) is 7.44. The smallest absolute Gasteiger partial charge is 0.410 e. The van der Waals surface area contributed by atoms with Crippen molar-refractivity contribution in [3.8, 4) is 0 Å². The number of nitrogens with zero attached hydrogens (tertiary/aromatic N) is 1. The summed E-state index contributed by atoms with van der Waals surface area (Å²) >= 11 is 0. The summed E-state index contributed by atoms with van der Waals surface area (Å²) in [6.07, 6.45) is -3.59. The van der Waals surface area contributed by atoms with Gasteiger partial charge in [-0.05, 0) is 17.2 Å². The highest BCUT2D eigenvalue weighted by Crippen LogP contribution is 2.26. The van der Waals surface area contributed by atoms with Crippen LogP contribution in [0.5, 0.6) is 0 Å². The van der Waals surface area contributed by atoms with Gasteiger partial charge in [0.05, 0.1) is 0 Å². The van der Waals surface area contributed by atoms with Crippen LogP contribution in [-0.2, 0) is 16.1 Å². The number of carboxylic acid groups (broad SMARTS) is 1. The Morgan fingerprint density at radius 3 is 2.32 bits per heavy atom. The average Bonchev–Trinajstić information content (AvgIpc) is 2.60. The molecule has 1 atom stereocenters. The van der Waals surface area contributed by atoms with Crippen LogP contribution >= 0.6 is 0 Å². The molecule has 1 unspecified atom stereocenters. The van der Waals surface area contributed by atoms with Gasteiger partial charge in [0.1, 0.15) is 6.61 Å². The van der Waals surface area contributed by atoms with E-state index in [4.69, 9.17) is 4.74 Å². The van der Waals surface area contributed by atoms with Crippen LogP contribution in [0.25, 0.3) is 0 Å². The summed E-state index contributed by atoms with van der Waals surface area (Å²) in [6.45, 7) is -0.0204. The van der Waals surface area contributed by atoms with Gasteiger partial charge in [0.25, 0.3) is 6.43 Å². The first-order chi connectivity index (χ1) is 11.9. The SMILES string of the molecule is CN(C(=O)OCc1ccccc1)C(C(=O)O)c1cccc(C(F)F)c1. The summed E-state index contributed by atoms with van der Waals surface area (Å²) in [4.78, 5) is 24.6. The van der Waals surface area contributed by atoms with Gasteiger partial charge in [-0.25, -0.2) is 18.4 Å². The lowest BCUT2D eigenvalue weighted by atomic mass is 10.0. The van der Waals surface area contributed by atoms with E-state index in [0.29, 0.717) is 0 Å². The van der Waals surface area contributed by atoms with Gasteiger partial charge < -0.3 is 9.84 Å². The van der Waals surface area contributed by atoms with Gasteiger partial charge in [0, 0.05) is 12.6 Å². The number of rotatable bonds is 6. The lowest BCUT2D eigenvalue weighted by molar-refractivity contribution is -0.142. The van der Waals surface area contributed by atoms with Crippen molar-refractivity contribution in [2.75, 3.05) is 7.05 Å². The highest BCUT2D eigenvalue weighted by Gasteiger charge is 2.30. The van der Waals surface area contributed by atoms with Gasteiger partial charge in [0.2, 0.25) is 0 Å². The van der Waals surface area contributed by atoms with Crippen LogP contribution in [0.2, 0.25) is 0 Å². The average molecular weight is 349 g/mol. The molecule has 7 heteroatoms. The van der Waals surface area contributed by atoms with Crippen molar-refractivity contribution in [3.05, 3.63) is 71.3 Å². The maximum Gasteiger partial charge on any atom is 0.410 e. The third-order valence-electron chi connectivity index (χ3n) is 3.59. The molecule has 5 nitrogen and oxygen atoms in total. The molecule has 0 aliphatic carbocycles. The van der Waals surface area contributed by atoms with Crippen LogP contribution in [0, 0.1) is 0 Å². The molecule has 1 N–H and O–H groups in total. The minimum Gasteiger partial charge on any atom is -0.479 e. The second-order valence-corrected chi connectivity index (χ2v) is 5.36. The summed E-state index contributed by atoms with van der Waals surface area (Å²) in [5.74, 6) is -1.34. The second kappa shape index (κ2) is 8.23. The Balaban J connectivity index is 2.14. The van der Waals surface area contributed by atoms with E-state index in [2.05, 4.69) is 0 Å². The highest BCUT2D eigenvalue weighted by atomic mass is 19.3. The van der Waals surface area contributed by atoms with Crippen LogP contribution in [-0.4, -0.2) is 29.1 Å². The molecule has 0 heterocycles. The first kappa shape index (κ1) is 18.4. The topological polar surface area (TPSA) is 66.8 Å². The number of aliphatic carboxylic acids is 1. The van der Waals surface area contributed by atoms with Gasteiger partial charge in [-0.3, -0.25) is 4.90 Å². The number of carboxylic acids is 1. The fourth-order valence-corrected chi connectivity index (χ4v) is 2.32. The Bertz CT molecular complexity index is 737. The number of carbonyl (C=O) groups is 2. The number of amides is 1. The second-order valence-electron chi connectivity index (χ2n) is 5.36. The number of alkyl halides is 2. The van der Waals surface area contributed by atoms with E-state index in [-0.39, 0.29) is 17.7 Å². The Labute approximate surface area is 143 Å². The minimum atomic E-state index is -2.73. The van der Waals surface area contributed by atoms with Gasteiger partial charge in [-0.15, -0.1) is 0 Å². The quantitative estimate of drug-likeness (QED) is 0.855. The van der Waals surface area contributed by atoms with Crippen LogP contribution in [0.1, 0.15) is 29.2 Å². The van der Waals surface area contributed by atoms with E-state index >= 15 is 0 Å². The number of hydrogen-bond acceptors (Lipinski definition) is 3. The monoisotopic (exact) mass is 349 g/mol. The van der Waals surface area contributed by atoms with Gasteiger partial charge in [-0.2, -0.15) is 0 Å². The van der Waals surface area contributed by atoms with Crippen molar-refractivity contribution in [2.45, 2.75) is 19.1 Å². The molecule has 0 aromatic heterocycles. The summed E-state index contributed by atoms with van der Waals surface area (Å²) in [7, 11) is 1.25. The Hall–Kier alpha value is -2.96. The molecule has 1 amide bonds. The van der Waals surface area contributed by atoms with Crippen molar-refractivity contribution in [1.82, 2.24) is 4.90 Å². The number of benzene rings is 2. The Kier molecular flexibility index (Phi) is 6.05. The number of ether oxygens (including phenoxy) is 1. The van der Waals surface area contributed by atoms with E-state index in [1.54, 1.807) is 24.3 Å². The number of halogens is 2. The number of hydrogen-bond donors (Lipinski definition) is 1. The molecule has 132 valence electrons. The predicted molar refractivity (Wildman–Crippen MR) is 86.2 cm³/mol. The highest BCUT2D eigenvalue weighted by molar-refractivity contribution is 5.81. The zero-order chi connectivity index (χ0) is 18.4. The van der Waals surface area contributed by atoms with E-state index in [1.165, 1.54) is 25.2 Å². The molecular weight excluding hydrogens is 332 g/mol. The Morgan fingerprint density at radius 1 is 1.08 bits per heavy atom. The zero-order valence-electron chi connectivity index (χ0n) is 13.4. The van der Waals surface area contributed by atoms with Gasteiger partial charge in [-0.1, -0.05) is 48.5 Å². The molecule has 2 aromatic carbocycles. The van der Waals surface area contributed by atoms with Crippen molar-refractivity contribution < 1.29 is 28.2 Å². The van der Waals surface area contributed by atoms with Crippen molar-refractivity contribution in [1.29, 1.82) is 0 Å². The summed E-state index contributed by atoms with van der Waals surface area (Å²) in [6, 6.07) is 12.4. The normalized spacial score (nSPS) is 11.8. The summed E-state index contributed by atoms with van der Waals surface area (Å²) < 4.78 is 30.7. The third kappa shape index (κ3) is 4.76. The summed E-state index contributed by atoms with van der Waals surface area (Å²) in [5.41, 5.74) is 0.509. The molecule has 0 bridgehead atoms. The molecule has 0 saturated carbocycles. The van der Waals surface area contributed by atoms with E-state index in [1.807, 2.05) is 6.07 Å². The predicted octanol–water partition coefficient (Wildman–Crippen LogP) is 4.02. The lowest BCUT2D eigenvalue weighted by Gasteiger charge is -2.25. The van der Waals surface area contributed by atoms with Crippen LogP contribution in [0.15, 0.2) is 54.6 Å². The lowest BCUT2D eigenvalue weighted by Crippen LogP contribution is -2.36. The maximum absolute atomic E-state index is 12.8. The number of carbonyl (C=O) groups excluding carboxylic acids is 1. The van der Waals surface area contributed by atoms with Crippen molar-refractivity contribution in [2.24, 2.45) is 0 Å². The molecule has 0 aliphatic rings. The molecule has 0 spiro atoms. The largest absolute Gasteiger partial charge is 0.479 e. The Morgan fingerprint density at radius 2 is 1.72 bits per heavy atom. The van der Waals surface area contributed by atoms with Gasteiger partial charge in [0.15, 0.2) is 6.04 Å². The molecule has 2 rings (SSSR count). The number of likely N-dealkylation sites (N-methyl/N-ethyl adjacent to an activating group) is 1. The van der Waals surface area contributed by atoms with E-state index < -0.39 is 24.5 Å². The maximum atomic E-state index is 12.8. The van der Waals surface area contributed by atoms with Gasteiger partial charge >= 0.3 is 12.1 Å².